The van der Waals surface area contributed by atoms with Gasteiger partial charge in [0, 0.05) is 30.9 Å². The summed E-state index contributed by atoms with van der Waals surface area (Å²) in [5.74, 6) is -2.52. The summed E-state index contributed by atoms with van der Waals surface area (Å²) >= 11 is 2.85. The molecule has 0 amide bonds. The maximum absolute atomic E-state index is 11.5. The van der Waals surface area contributed by atoms with Crippen molar-refractivity contribution >= 4 is 87.1 Å². The number of thiophene rings is 2. The number of aryl methyl sites for hydroxylation is 3. The number of carboxylic acid groups (broad SMARTS) is 2. The van der Waals surface area contributed by atoms with Gasteiger partial charge in [-0.15, -0.1) is 22.7 Å². The number of hydrogen-bond acceptors (Lipinski definition) is 7. The van der Waals surface area contributed by atoms with Gasteiger partial charge in [-0.3, -0.25) is 0 Å². The first-order chi connectivity index (χ1) is 30.0. The van der Waals surface area contributed by atoms with Crippen molar-refractivity contribution < 1.29 is 19.8 Å². The molecule has 7 aromatic rings. The van der Waals surface area contributed by atoms with Crippen molar-refractivity contribution in [2.45, 2.75) is 20.8 Å². The van der Waals surface area contributed by atoms with E-state index in [2.05, 4.69) is 98.5 Å². The number of nitrogens with zero attached hydrogens (tertiary/aromatic N) is 3. The minimum atomic E-state index is -1.26. The van der Waals surface area contributed by atoms with E-state index in [1.807, 2.05) is 84.9 Å². The van der Waals surface area contributed by atoms with E-state index in [1.54, 1.807) is 12.1 Å². The van der Waals surface area contributed by atoms with Crippen molar-refractivity contribution in [3.63, 3.8) is 0 Å². The first-order valence-electron chi connectivity index (χ1n) is 19.5. The Morgan fingerprint density at radius 3 is 1.27 bits per heavy atom. The third-order valence-corrected chi connectivity index (χ3v) is 12.1. The van der Waals surface area contributed by atoms with E-state index in [9.17, 15) is 30.3 Å². The normalized spacial score (nSPS) is 12.1. The van der Waals surface area contributed by atoms with Crippen LogP contribution in [0.3, 0.4) is 0 Å². The molecular formula is C53H39N3O4S2. The Morgan fingerprint density at radius 1 is 0.532 bits per heavy atom. The van der Waals surface area contributed by atoms with E-state index in [-0.39, 0.29) is 11.1 Å². The van der Waals surface area contributed by atoms with Gasteiger partial charge in [-0.05, 0) is 138 Å². The van der Waals surface area contributed by atoms with Crippen LogP contribution in [0.1, 0.15) is 58.5 Å². The Morgan fingerprint density at radius 2 is 0.919 bits per heavy atom. The molecule has 2 heterocycles. The second-order valence-corrected chi connectivity index (χ2v) is 16.7. The number of rotatable bonds is 13. The molecule has 302 valence electrons. The van der Waals surface area contributed by atoms with Crippen molar-refractivity contribution in [1.82, 2.24) is 0 Å². The van der Waals surface area contributed by atoms with Gasteiger partial charge in [0.25, 0.3) is 0 Å². The summed E-state index contributed by atoms with van der Waals surface area (Å²) in [5.41, 5.74) is 11.8. The fourth-order valence-electron chi connectivity index (χ4n) is 7.25. The van der Waals surface area contributed by atoms with E-state index in [0.717, 1.165) is 71.3 Å². The summed E-state index contributed by atoms with van der Waals surface area (Å²) in [4.78, 5) is 28.6. The van der Waals surface area contributed by atoms with E-state index >= 15 is 0 Å². The third-order valence-electron chi connectivity index (χ3n) is 10.0. The molecule has 0 radical (unpaired) electrons. The van der Waals surface area contributed by atoms with E-state index < -0.39 is 11.9 Å². The number of aliphatic carboxylic acids is 2. The van der Waals surface area contributed by atoms with Crippen LogP contribution < -0.4 is 4.90 Å². The van der Waals surface area contributed by atoms with E-state index in [1.165, 1.54) is 40.4 Å². The molecule has 0 atom stereocenters. The molecule has 0 fully saturated rings. The van der Waals surface area contributed by atoms with Crippen molar-refractivity contribution in [1.29, 1.82) is 10.5 Å². The zero-order valence-electron chi connectivity index (χ0n) is 34.0. The largest absolute Gasteiger partial charge is 0.477 e. The van der Waals surface area contributed by atoms with Crippen LogP contribution in [0.2, 0.25) is 0 Å². The first kappa shape index (κ1) is 42.3. The van der Waals surface area contributed by atoms with Gasteiger partial charge in [0.15, 0.2) is 0 Å². The lowest BCUT2D eigenvalue weighted by Crippen LogP contribution is -2.13. The molecule has 0 aliphatic rings. The highest BCUT2D eigenvalue weighted by molar-refractivity contribution is 7.14. The lowest BCUT2D eigenvalue weighted by Gasteiger charge is -2.29. The smallest absolute Gasteiger partial charge is 0.346 e. The number of hydrogen-bond donors (Lipinski definition) is 2. The highest BCUT2D eigenvalue weighted by Gasteiger charge is 2.19. The topological polar surface area (TPSA) is 125 Å². The minimum Gasteiger partial charge on any atom is -0.477 e. The lowest BCUT2D eigenvalue weighted by molar-refractivity contribution is -0.133. The van der Waals surface area contributed by atoms with Crippen LogP contribution in [0, 0.1) is 43.4 Å². The van der Waals surface area contributed by atoms with Gasteiger partial charge >= 0.3 is 11.9 Å². The number of carbonyl (C=O) groups is 2. The molecule has 0 saturated heterocycles. The summed E-state index contributed by atoms with van der Waals surface area (Å²) in [5, 5.41) is 37.5. The van der Waals surface area contributed by atoms with Crippen LogP contribution >= 0.6 is 22.7 Å². The van der Waals surface area contributed by atoms with Crippen LogP contribution in [-0.2, 0) is 9.59 Å². The Bertz CT molecular complexity index is 2790. The molecule has 0 bridgehead atoms. The molecule has 2 N–H and O–H groups in total. The van der Waals surface area contributed by atoms with Gasteiger partial charge in [-0.2, -0.15) is 10.5 Å². The van der Waals surface area contributed by atoms with Crippen molar-refractivity contribution in [3.05, 3.63) is 215 Å². The molecule has 0 spiro atoms. The Labute approximate surface area is 368 Å². The van der Waals surface area contributed by atoms with E-state index in [0.29, 0.717) is 9.75 Å². The van der Waals surface area contributed by atoms with Gasteiger partial charge in [0.05, 0.1) is 5.69 Å². The molecule has 0 aliphatic heterocycles. The number of nitriles is 2. The van der Waals surface area contributed by atoms with Crippen LogP contribution in [-0.4, -0.2) is 22.2 Å². The average molecular weight is 846 g/mol. The summed E-state index contributed by atoms with van der Waals surface area (Å²) in [6.45, 7) is 6.37. The number of carboxylic acids is 2. The highest BCUT2D eigenvalue weighted by atomic mass is 32.1. The molecule has 7 rings (SSSR count). The zero-order valence-corrected chi connectivity index (χ0v) is 35.7. The highest BCUT2D eigenvalue weighted by Crippen LogP contribution is 2.41. The third kappa shape index (κ3) is 9.79. The van der Waals surface area contributed by atoms with E-state index in [4.69, 9.17) is 0 Å². The molecule has 0 saturated carbocycles. The predicted octanol–water partition coefficient (Wildman–Crippen LogP) is 13.4. The Balaban J connectivity index is 1.27. The molecule has 2 aromatic heterocycles. The van der Waals surface area contributed by atoms with Crippen molar-refractivity contribution in [2.75, 3.05) is 4.90 Å². The van der Waals surface area contributed by atoms with Gasteiger partial charge in [0.1, 0.15) is 23.3 Å². The van der Waals surface area contributed by atoms with Crippen molar-refractivity contribution in [3.8, 4) is 12.1 Å². The summed E-state index contributed by atoms with van der Waals surface area (Å²) in [6, 6.07) is 52.4. The zero-order chi connectivity index (χ0) is 43.8. The van der Waals surface area contributed by atoms with Gasteiger partial charge in [-0.25, -0.2) is 9.59 Å². The molecule has 5 aromatic carbocycles. The van der Waals surface area contributed by atoms with Crippen molar-refractivity contribution in [2.24, 2.45) is 0 Å². The predicted molar refractivity (Wildman–Crippen MR) is 253 cm³/mol. The summed E-state index contributed by atoms with van der Waals surface area (Å²) in [7, 11) is 0. The standard InChI is InChI=1S/C53H39N3O4S2/c1-34-26-35(2)51(36(3)27-34)56(43-18-14-37(15-19-43)28-47(39-10-6-4-7-11-39)49-24-22-45(61-49)30-41(32-54)52(57)58)44-20-16-38(17-21-44)29-48(40-12-8-5-9-13-40)50-25-23-46(62-50)31-42(33-55)53(59)60/h4-31H,1-3H3,(H,57,58)(H,59,60)/b41-30+,42-31+,47-28+,48-29+. The summed E-state index contributed by atoms with van der Waals surface area (Å²) in [6.07, 6.45) is 7.05. The maximum Gasteiger partial charge on any atom is 0.346 e. The molecule has 0 aliphatic carbocycles. The molecule has 9 heteroatoms. The molecule has 62 heavy (non-hydrogen) atoms. The molecule has 0 unspecified atom stereocenters. The SMILES string of the molecule is Cc1cc(C)c(N(c2ccc(/C=C(\c3ccccc3)c3ccc(/C=C(\C#N)C(=O)O)s3)cc2)c2ccc(/C=C(\c3ccccc3)c3ccc(/C=C(\C#N)C(=O)O)s3)cc2)c(C)c1. The van der Waals surface area contributed by atoms with Gasteiger partial charge < -0.3 is 15.1 Å². The number of anilines is 3. The van der Waals surface area contributed by atoms with Crippen LogP contribution in [0.15, 0.2) is 157 Å². The van der Waals surface area contributed by atoms with Gasteiger partial charge in [-0.1, -0.05) is 103 Å². The summed E-state index contributed by atoms with van der Waals surface area (Å²) < 4.78 is 0. The quantitative estimate of drug-likeness (QED) is 0.0672. The fraction of sp³-hybridized carbons (Fsp3) is 0.0566. The second kappa shape index (κ2) is 19.1. The Kier molecular flexibility index (Phi) is 13.0. The number of benzene rings is 5. The monoisotopic (exact) mass is 845 g/mol. The second-order valence-electron chi connectivity index (χ2n) is 14.5. The average Bonchev–Trinajstić information content (AvgIpc) is 3.95. The molecular weight excluding hydrogens is 807 g/mol. The Hall–Kier alpha value is -7.82. The first-order valence-corrected chi connectivity index (χ1v) is 21.2. The van der Waals surface area contributed by atoms with Crippen LogP contribution in [0.5, 0.6) is 0 Å². The fourth-order valence-corrected chi connectivity index (χ4v) is 9.23. The molecule has 7 nitrogen and oxygen atoms in total. The maximum atomic E-state index is 11.5. The van der Waals surface area contributed by atoms with Gasteiger partial charge in [0.2, 0.25) is 0 Å². The lowest BCUT2D eigenvalue weighted by atomic mass is 9.99. The van der Waals surface area contributed by atoms with Crippen LogP contribution in [0.4, 0.5) is 17.1 Å². The minimum absolute atomic E-state index is 0.316. The van der Waals surface area contributed by atoms with Crippen LogP contribution in [0.25, 0.3) is 35.5 Å².